The number of rotatable bonds is 2. The minimum atomic E-state index is -5.82. The maximum Gasteiger partial charge on any atom is 0.534 e. The molecule has 5 nitrogen and oxygen atoms in total. The summed E-state index contributed by atoms with van der Waals surface area (Å²) >= 11 is 0. The first kappa shape index (κ1) is 19.1. The Hall–Kier alpha value is -1.64. The molecule has 1 aromatic rings. The predicted octanol–water partition coefficient (Wildman–Crippen LogP) is 4.31. The third-order valence-corrected chi connectivity index (χ3v) is 6.31. The Morgan fingerprint density at radius 1 is 1.27 bits per heavy atom. The molecule has 2 aliphatic rings. The fourth-order valence-electron chi connectivity index (χ4n) is 4.16. The Morgan fingerprint density at radius 3 is 2.54 bits per heavy atom. The molecule has 0 radical (unpaired) electrons. The lowest BCUT2D eigenvalue weighted by Crippen LogP contribution is -2.46. The summed E-state index contributed by atoms with van der Waals surface area (Å²) in [5, 5.41) is 10.4. The summed E-state index contributed by atoms with van der Waals surface area (Å²) in [7, 11) is -5.82. The Bertz CT molecular complexity index is 816. The summed E-state index contributed by atoms with van der Waals surface area (Å²) < 4.78 is 70.2. The van der Waals surface area contributed by atoms with Gasteiger partial charge in [-0.1, -0.05) is 13.3 Å². The van der Waals surface area contributed by atoms with Crippen LogP contribution in [-0.4, -0.2) is 24.6 Å². The molecule has 1 heterocycles. The van der Waals surface area contributed by atoms with Crippen LogP contribution in [0, 0.1) is 11.8 Å². The summed E-state index contributed by atoms with van der Waals surface area (Å²) in [6.45, 7) is 5.89. The fraction of sp³-hybridized carbons (Fsp3) is 0.647. The molecule has 0 bridgehead atoms. The lowest BCUT2D eigenvalue weighted by atomic mass is 9.64. The maximum atomic E-state index is 12.5. The van der Waals surface area contributed by atoms with Crippen molar-refractivity contribution in [3.63, 3.8) is 0 Å². The van der Waals surface area contributed by atoms with E-state index in [1.54, 1.807) is 0 Å². The van der Waals surface area contributed by atoms with Gasteiger partial charge in [-0.15, -0.1) is 0 Å². The van der Waals surface area contributed by atoms with Crippen LogP contribution in [0.25, 0.3) is 0 Å². The standard InChI is InChI=1S/C17H21F3O5S/c1-9-4-5-12-11(6-9)15-13(21)7-10(8-14(15)24-16(12,2)3)25-26(22,23)17(18,19)20/h7-9,11-12,21H,4-6H2,1-3H3/t9-,11-,12-/m0/s1. The normalized spacial score (nSPS) is 27.8. The van der Waals surface area contributed by atoms with Gasteiger partial charge in [-0.2, -0.15) is 21.6 Å². The van der Waals surface area contributed by atoms with Gasteiger partial charge in [0.2, 0.25) is 0 Å². The molecule has 9 heteroatoms. The largest absolute Gasteiger partial charge is 0.534 e. The minimum Gasteiger partial charge on any atom is -0.507 e. The van der Waals surface area contributed by atoms with Crippen LogP contribution in [0.1, 0.15) is 51.5 Å². The van der Waals surface area contributed by atoms with Gasteiger partial charge in [-0.05, 0) is 38.5 Å². The average Bonchev–Trinajstić information content (AvgIpc) is 2.43. The first-order valence-corrected chi connectivity index (χ1v) is 9.79. The van der Waals surface area contributed by atoms with Crippen LogP contribution in [0.5, 0.6) is 17.2 Å². The number of aromatic hydroxyl groups is 1. The van der Waals surface area contributed by atoms with Crippen LogP contribution in [0.2, 0.25) is 0 Å². The highest BCUT2D eigenvalue weighted by Crippen LogP contribution is 2.56. The van der Waals surface area contributed by atoms with Crippen LogP contribution in [0.4, 0.5) is 13.2 Å². The average molecular weight is 394 g/mol. The molecular weight excluding hydrogens is 373 g/mol. The Kier molecular flexibility index (Phi) is 4.37. The van der Waals surface area contributed by atoms with Crippen molar-refractivity contribution in [1.82, 2.24) is 0 Å². The number of hydrogen-bond donors (Lipinski definition) is 1. The van der Waals surface area contributed by atoms with E-state index >= 15 is 0 Å². The van der Waals surface area contributed by atoms with Gasteiger partial charge >= 0.3 is 15.6 Å². The van der Waals surface area contributed by atoms with E-state index in [9.17, 15) is 26.7 Å². The van der Waals surface area contributed by atoms with Crippen molar-refractivity contribution in [3.05, 3.63) is 17.7 Å². The van der Waals surface area contributed by atoms with E-state index in [0.717, 1.165) is 31.4 Å². The van der Waals surface area contributed by atoms with Gasteiger partial charge in [-0.25, -0.2) is 0 Å². The van der Waals surface area contributed by atoms with Gasteiger partial charge in [0.15, 0.2) is 0 Å². The molecule has 1 aliphatic heterocycles. The highest BCUT2D eigenvalue weighted by molar-refractivity contribution is 7.88. The summed E-state index contributed by atoms with van der Waals surface area (Å²) in [6, 6.07) is 2.01. The molecule has 0 aromatic heterocycles. The molecule has 0 saturated heterocycles. The van der Waals surface area contributed by atoms with Crippen molar-refractivity contribution in [2.75, 3.05) is 0 Å². The zero-order valence-electron chi connectivity index (χ0n) is 14.6. The maximum absolute atomic E-state index is 12.5. The number of hydrogen-bond acceptors (Lipinski definition) is 5. The lowest BCUT2D eigenvalue weighted by molar-refractivity contribution is -0.0501. The van der Waals surface area contributed by atoms with E-state index in [1.807, 2.05) is 13.8 Å². The quantitative estimate of drug-likeness (QED) is 0.598. The number of benzene rings is 1. The Morgan fingerprint density at radius 2 is 1.92 bits per heavy atom. The van der Waals surface area contributed by atoms with Gasteiger partial charge in [0.05, 0.1) is 0 Å². The van der Waals surface area contributed by atoms with Crippen molar-refractivity contribution in [3.8, 4) is 17.2 Å². The number of phenols is 1. The van der Waals surface area contributed by atoms with E-state index in [-0.39, 0.29) is 23.3 Å². The molecule has 146 valence electrons. The molecule has 3 atom stereocenters. The third kappa shape index (κ3) is 3.21. The molecule has 1 aromatic carbocycles. The van der Waals surface area contributed by atoms with E-state index in [1.165, 1.54) is 0 Å². The minimum absolute atomic E-state index is 0.00854. The molecular formula is C17H21F3O5S. The number of fused-ring (bicyclic) bond motifs is 3. The zero-order chi connectivity index (χ0) is 19.5. The predicted molar refractivity (Wildman–Crippen MR) is 87.7 cm³/mol. The molecule has 26 heavy (non-hydrogen) atoms. The van der Waals surface area contributed by atoms with Crippen LogP contribution in [0.3, 0.4) is 0 Å². The Balaban J connectivity index is 2.03. The second-order valence-corrected chi connectivity index (χ2v) is 9.21. The molecule has 1 N–H and O–H groups in total. The summed E-state index contributed by atoms with van der Waals surface area (Å²) in [4.78, 5) is 0. The highest BCUT2D eigenvalue weighted by atomic mass is 32.2. The molecule has 0 amide bonds. The molecule has 0 unspecified atom stereocenters. The molecule has 1 aliphatic carbocycles. The van der Waals surface area contributed by atoms with Gasteiger partial charge in [0.1, 0.15) is 22.8 Å². The van der Waals surface area contributed by atoms with Gasteiger partial charge in [-0.3, -0.25) is 0 Å². The van der Waals surface area contributed by atoms with Crippen molar-refractivity contribution < 1.29 is 35.6 Å². The van der Waals surface area contributed by atoms with Crippen molar-refractivity contribution >= 4 is 10.1 Å². The van der Waals surface area contributed by atoms with Crippen molar-refractivity contribution in [1.29, 1.82) is 0 Å². The van der Waals surface area contributed by atoms with Crippen LogP contribution >= 0.6 is 0 Å². The van der Waals surface area contributed by atoms with Crippen LogP contribution in [-0.2, 0) is 10.1 Å². The fourth-order valence-corrected chi connectivity index (χ4v) is 4.60. The van der Waals surface area contributed by atoms with Crippen LogP contribution in [0.15, 0.2) is 12.1 Å². The van der Waals surface area contributed by atoms with E-state index < -0.39 is 27.0 Å². The molecule has 1 fully saturated rings. The third-order valence-electron chi connectivity index (χ3n) is 5.33. The second kappa shape index (κ2) is 5.94. The smallest absolute Gasteiger partial charge is 0.507 e. The first-order chi connectivity index (χ1) is 11.8. The van der Waals surface area contributed by atoms with E-state index in [4.69, 9.17) is 4.74 Å². The van der Waals surface area contributed by atoms with Crippen molar-refractivity contribution in [2.45, 2.75) is 57.1 Å². The number of ether oxygens (including phenoxy) is 1. The van der Waals surface area contributed by atoms with Gasteiger partial charge in [0.25, 0.3) is 0 Å². The van der Waals surface area contributed by atoms with E-state index in [2.05, 4.69) is 11.1 Å². The molecule has 1 saturated carbocycles. The lowest BCUT2D eigenvalue weighted by Gasteiger charge is -2.48. The summed E-state index contributed by atoms with van der Waals surface area (Å²) in [5.41, 5.74) is -5.63. The SMILES string of the molecule is C[C@H]1CC[C@H]2[C@H](C1)c1c(O)cc(OS(=O)(=O)C(F)(F)F)cc1OC2(C)C. The Labute approximate surface area is 150 Å². The summed E-state index contributed by atoms with van der Waals surface area (Å²) in [6.07, 6.45) is 2.77. The van der Waals surface area contributed by atoms with Gasteiger partial charge < -0.3 is 14.0 Å². The second-order valence-electron chi connectivity index (χ2n) is 7.67. The first-order valence-electron chi connectivity index (χ1n) is 8.38. The highest BCUT2D eigenvalue weighted by Gasteiger charge is 2.50. The number of phenolic OH excluding ortho intramolecular Hbond substituents is 1. The molecule has 0 spiro atoms. The van der Waals surface area contributed by atoms with Gasteiger partial charge in [0, 0.05) is 23.6 Å². The van der Waals surface area contributed by atoms with E-state index in [0.29, 0.717) is 11.5 Å². The topological polar surface area (TPSA) is 72.8 Å². The van der Waals surface area contributed by atoms with Crippen LogP contribution < -0.4 is 8.92 Å². The van der Waals surface area contributed by atoms with Crippen molar-refractivity contribution in [2.24, 2.45) is 11.8 Å². The number of alkyl halides is 3. The summed E-state index contributed by atoms with van der Waals surface area (Å²) in [5.74, 6) is -0.184. The zero-order valence-corrected chi connectivity index (χ0v) is 15.4. The monoisotopic (exact) mass is 394 g/mol. The number of halogens is 3. The molecule has 3 rings (SSSR count).